The van der Waals surface area contributed by atoms with Gasteiger partial charge in [-0.1, -0.05) is 60.7 Å². The Labute approximate surface area is 319 Å². The first-order chi connectivity index (χ1) is 27.0. The predicted molar refractivity (Wildman–Crippen MR) is 216 cm³/mol. The minimum atomic E-state index is -1.03. The third-order valence-electron chi connectivity index (χ3n) is 9.97. The van der Waals surface area contributed by atoms with Crippen molar-refractivity contribution in [1.82, 2.24) is 0 Å². The molecule has 8 rings (SSSR count). The zero-order valence-electron chi connectivity index (χ0n) is 29.4. The van der Waals surface area contributed by atoms with Crippen molar-refractivity contribution in [3.63, 3.8) is 0 Å². The standard InChI is InChI=1S/C48H30O8/c49-45(50)29-5-1-27(2-6-29)39-21-40(28-3-7-30(8-4-28)46(51)52)23-43(22-39)44-25-41(35-11-9-33-19-37(47(53)54)15-13-31(33)17-35)24-42(26-44)36-12-10-34-20-38(48(55)56)16-14-32(34)18-36/h1-26H,(H,49,50)(H,51,52)(H,53,54)(H,55,56). The van der Waals surface area contributed by atoms with Crippen molar-refractivity contribution in [2.45, 2.75) is 0 Å². The molecule has 0 fully saturated rings. The number of fused-ring (bicyclic) bond motifs is 2. The van der Waals surface area contributed by atoms with Gasteiger partial charge >= 0.3 is 23.9 Å². The number of benzene rings is 8. The average molecular weight is 735 g/mol. The van der Waals surface area contributed by atoms with Gasteiger partial charge in [-0.25, -0.2) is 19.2 Å². The van der Waals surface area contributed by atoms with Crippen LogP contribution in [0.2, 0.25) is 0 Å². The Morgan fingerprint density at radius 3 is 0.786 bits per heavy atom. The predicted octanol–water partition coefficient (Wildman–Crippen LogP) is 11.1. The van der Waals surface area contributed by atoms with Crippen LogP contribution in [0.15, 0.2) is 158 Å². The monoisotopic (exact) mass is 734 g/mol. The van der Waals surface area contributed by atoms with Crippen molar-refractivity contribution in [3.05, 3.63) is 180 Å². The molecule has 0 aliphatic rings. The van der Waals surface area contributed by atoms with E-state index in [4.69, 9.17) is 0 Å². The third kappa shape index (κ3) is 6.98. The fourth-order valence-corrected chi connectivity index (χ4v) is 6.98. The summed E-state index contributed by atoms with van der Waals surface area (Å²) >= 11 is 0. The normalized spacial score (nSPS) is 11.1. The van der Waals surface area contributed by atoms with E-state index in [-0.39, 0.29) is 22.3 Å². The second kappa shape index (κ2) is 14.2. The van der Waals surface area contributed by atoms with E-state index >= 15 is 0 Å². The van der Waals surface area contributed by atoms with Crippen LogP contribution in [-0.4, -0.2) is 44.3 Å². The SMILES string of the molecule is O=C(O)c1ccc(-c2cc(-c3ccc(C(=O)O)cc3)cc(-c3cc(-c4ccc5cc(C(=O)O)ccc5c4)cc(-c4ccc5cc(C(=O)O)ccc5c4)c3)c2)cc1. The van der Waals surface area contributed by atoms with E-state index in [0.717, 1.165) is 77.2 Å². The minimum Gasteiger partial charge on any atom is -0.478 e. The maximum atomic E-state index is 11.6. The lowest BCUT2D eigenvalue weighted by atomic mass is 9.89. The van der Waals surface area contributed by atoms with E-state index in [1.165, 1.54) is 0 Å². The number of rotatable bonds is 9. The van der Waals surface area contributed by atoms with Crippen LogP contribution in [0.3, 0.4) is 0 Å². The molecule has 8 aromatic rings. The van der Waals surface area contributed by atoms with E-state index in [2.05, 4.69) is 18.2 Å². The van der Waals surface area contributed by atoms with Crippen molar-refractivity contribution in [2.75, 3.05) is 0 Å². The Kier molecular flexibility index (Phi) is 8.92. The molecule has 0 unspecified atom stereocenters. The molecule has 8 aromatic carbocycles. The highest BCUT2D eigenvalue weighted by Gasteiger charge is 2.15. The van der Waals surface area contributed by atoms with Crippen LogP contribution in [-0.2, 0) is 0 Å². The number of hydrogen-bond donors (Lipinski definition) is 4. The lowest BCUT2D eigenvalue weighted by molar-refractivity contribution is 0.0686. The Morgan fingerprint density at radius 1 is 0.232 bits per heavy atom. The van der Waals surface area contributed by atoms with Gasteiger partial charge in [0, 0.05) is 0 Å². The highest BCUT2D eigenvalue weighted by molar-refractivity contribution is 5.98. The van der Waals surface area contributed by atoms with Crippen molar-refractivity contribution in [2.24, 2.45) is 0 Å². The highest BCUT2D eigenvalue weighted by Crippen LogP contribution is 2.39. The molecule has 0 amide bonds. The number of hydrogen-bond acceptors (Lipinski definition) is 4. The van der Waals surface area contributed by atoms with Crippen LogP contribution in [0.25, 0.3) is 77.2 Å². The molecule has 8 heteroatoms. The molecule has 8 nitrogen and oxygen atoms in total. The van der Waals surface area contributed by atoms with Crippen LogP contribution >= 0.6 is 0 Å². The van der Waals surface area contributed by atoms with Crippen LogP contribution < -0.4 is 0 Å². The summed E-state index contributed by atoms with van der Waals surface area (Å²) in [7, 11) is 0. The molecule has 0 radical (unpaired) electrons. The zero-order chi connectivity index (χ0) is 39.1. The Morgan fingerprint density at radius 2 is 0.464 bits per heavy atom. The Hall–Kier alpha value is -7.84. The number of carbonyl (C=O) groups is 4. The van der Waals surface area contributed by atoms with Crippen LogP contribution in [0.1, 0.15) is 41.4 Å². The second-order valence-corrected chi connectivity index (χ2v) is 13.5. The lowest BCUT2D eigenvalue weighted by Crippen LogP contribution is -1.96. The summed E-state index contributed by atoms with van der Waals surface area (Å²) in [6.45, 7) is 0. The van der Waals surface area contributed by atoms with Gasteiger partial charge in [0.15, 0.2) is 0 Å². The highest BCUT2D eigenvalue weighted by atomic mass is 16.4. The molecule has 0 aromatic heterocycles. The molecule has 56 heavy (non-hydrogen) atoms. The summed E-state index contributed by atoms with van der Waals surface area (Å²) in [5, 5.41) is 41.5. The quantitative estimate of drug-likeness (QED) is 0.114. The minimum absolute atomic E-state index is 0.163. The molecular weight excluding hydrogens is 705 g/mol. The first kappa shape index (κ1) is 35.2. The van der Waals surface area contributed by atoms with Gasteiger partial charge in [-0.2, -0.15) is 0 Å². The molecule has 0 saturated carbocycles. The fourth-order valence-electron chi connectivity index (χ4n) is 6.98. The first-order valence-corrected chi connectivity index (χ1v) is 17.5. The molecule has 0 spiro atoms. The largest absolute Gasteiger partial charge is 0.478 e. The summed E-state index contributed by atoms with van der Waals surface area (Å²) in [6, 6.07) is 47.4. The van der Waals surface area contributed by atoms with Gasteiger partial charge in [-0.05, 0) is 174 Å². The van der Waals surface area contributed by atoms with Crippen molar-refractivity contribution < 1.29 is 39.6 Å². The van der Waals surface area contributed by atoms with E-state index in [1.807, 2.05) is 54.6 Å². The summed E-state index contributed by atoms with van der Waals surface area (Å²) in [5.41, 5.74) is 9.28. The summed E-state index contributed by atoms with van der Waals surface area (Å²) in [4.78, 5) is 46.6. The number of carboxylic acids is 4. The average Bonchev–Trinajstić information content (AvgIpc) is 3.22. The molecular formula is C48H30O8. The lowest BCUT2D eigenvalue weighted by Gasteiger charge is -2.15. The van der Waals surface area contributed by atoms with Gasteiger partial charge < -0.3 is 20.4 Å². The van der Waals surface area contributed by atoms with Gasteiger partial charge in [0.05, 0.1) is 22.3 Å². The van der Waals surface area contributed by atoms with E-state index in [0.29, 0.717) is 0 Å². The molecule has 0 atom stereocenters. The van der Waals surface area contributed by atoms with Crippen molar-refractivity contribution in [3.8, 4) is 55.6 Å². The second-order valence-electron chi connectivity index (χ2n) is 13.5. The van der Waals surface area contributed by atoms with Gasteiger partial charge in [0.2, 0.25) is 0 Å². The first-order valence-electron chi connectivity index (χ1n) is 17.5. The third-order valence-corrected chi connectivity index (χ3v) is 9.97. The van der Waals surface area contributed by atoms with Crippen molar-refractivity contribution >= 4 is 45.4 Å². The Bertz CT molecular complexity index is 2720. The van der Waals surface area contributed by atoms with Crippen molar-refractivity contribution in [1.29, 1.82) is 0 Å². The molecule has 0 aliphatic heterocycles. The smallest absolute Gasteiger partial charge is 0.335 e. The molecule has 0 heterocycles. The Balaban J connectivity index is 1.33. The van der Waals surface area contributed by atoms with Gasteiger partial charge in [0.25, 0.3) is 0 Å². The molecule has 270 valence electrons. The van der Waals surface area contributed by atoms with Crippen LogP contribution in [0.4, 0.5) is 0 Å². The number of aromatic carboxylic acids is 4. The maximum Gasteiger partial charge on any atom is 0.335 e. The molecule has 4 N–H and O–H groups in total. The zero-order valence-corrected chi connectivity index (χ0v) is 29.4. The van der Waals surface area contributed by atoms with E-state index in [9.17, 15) is 39.6 Å². The van der Waals surface area contributed by atoms with Crippen LogP contribution in [0, 0.1) is 0 Å². The van der Waals surface area contributed by atoms with Gasteiger partial charge in [0.1, 0.15) is 0 Å². The summed E-state index contributed by atoms with van der Waals surface area (Å²) in [6.07, 6.45) is 0. The number of carboxylic acid groups (broad SMARTS) is 4. The molecule has 0 bridgehead atoms. The maximum absolute atomic E-state index is 11.6. The summed E-state index contributed by atoms with van der Waals surface area (Å²) < 4.78 is 0. The van der Waals surface area contributed by atoms with Gasteiger partial charge in [-0.3, -0.25) is 0 Å². The topological polar surface area (TPSA) is 149 Å². The van der Waals surface area contributed by atoms with Gasteiger partial charge in [-0.15, -0.1) is 0 Å². The fraction of sp³-hybridized carbons (Fsp3) is 0. The van der Waals surface area contributed by atoms with E-state index in [1.54, 1.807) is 84.9 Å². The van der Waals surface area contributed by atoms with Crippen LogP contribution in [0.5, 0.6) is 0 Å². The van der Waals surface area contributed by atoms with E-state index < -0.39 is 23.9 Å². The molecule has 0 aliphatic carbocycles. The summed E-state index contributed by atoms with van der Waals surface area (Å²) in [5.74, 6) is -4.05. The molecule has 0 saturated heterocycles.